The molecule has 0 saturated heterocycles. The molecule has 1 atom stereocenters. The standard InChI is InChI=1S/C26H26N4O5/c1-5-13-35-25(31)22-16(2)27-26(32)28-23(22)19-14-17(15-21(33-3)24(19)34-4)20-11-12-30(29-20)18-9-7-6-8-10-18/h5-12,14-15,23H,1,13H2,2-4H3,(H2,27,28,32). The third-order valence-electron chi connectivity index (χ3n) is 5.55. The number of rotatable bonds is 8. The molecule has 9 heteroatoms. The van der Waals surface area contributed by atoms with Crippen molar-refractivity contribution in [3.63, 3.8) is 0 Å². The van der Waals surface area contributed by atoms with Gasteiger partial charge in [-0.1, -0.05) is 30.9 Å². The summed E-state index contributed by atoms with van der Waals surface area (Å²) < 4.78 is 18.3. The van der Waals surface area contributed by atoms with E-state index in [4.69, 9.17) is 19.3 Å². The first-order valence-corrected chi connectivity index (χ1v) is 10.9. The van der Waals surface area contributed by atoms with Gasteiger partial charge in [-0.2, -0.15) is 5.10 Å². The van der Waals surface area contributed by atoms with Gasteiger partial charge >= 0.3 is 12.0 Å². The lowest BCUT2D eigenvalue weighted by Gasteiger charge is -2.29. The molecule has 2 aromatic carbocycles. The largest absolute Gasteiger partial charge is 0.493 e. The quantitative estimate of drug-likeness (QED) is 0.379. The van der Waals surface area contributed by atoms with Crippen LogP contribution < -0.4 is 20.1 Å². The first kappa shape index (κ1) is 23.6. The van der Waals surface area contributed by atoms with Crippen LogP contribution in [0.3, 0.4) is 0 Å². The Labute approximate surface area is 203 Å². The average molecular weight is 475 g/mol. The Morgan fingerprint density at radius 2 is 1.94 bits per heavy atom. The van der Waals surface area contributed by atoms with E-state index in [0.717, 1.165) is 11.3 Å². The molecule has 0 aliphatic carbocycles. The van der Waals surface area contributed by atoms with Crippen LogP contribution in [0.25, 0.3) is 16.9 Å². The van der Waals surface area contributed by atoms with E-state index in [2.05, 4.69) is 17.2 Å². The highest BCUT2D eigenvalue weighted by Crippen LogP contribution is 2.42. The number of benzene rings is 2. The molecule has 9 nitrogen and oxygen atoms in total. The minimum atomic E-state index is -0.846. The summed E-state index contributed by atoms with van der Waals surface area (Å²) in [5.74, 6) is 0.228. The second kappa shape index (κ2) is 10.2. The van der Waals surface area contributed by atoms with Crippen molar-refractivity contribution >= 4 is 12.0 Å². The van der Waals surface area contributed by atoms with Gasteiger partial charge in [-0.15, -0.1) is 0 Å². The Hall–Kier alpha value is -4.53. The smallest absolute Gasteiger partial charge is 0.338 e. The molecule has 1 aliphatic heterocycles. The Morgan fingerprint density at radius 1 is 1.17 bits per heavy atom. The fourth-order valence-corrected chi connectivity index (χ4v) is 3.97. The van der Waals surface area contributed by atoms with Crippen LogP contribution in [0.4, 0.5) is 4.79 Å². The number of carbonyl (C=O) groups is 2. The summed E-state index contributed by atoms with van der Waals surface area (Å²) in [5.41, 5.74) is 3.46. The zero-order valence-corrected chi connectivity index (χ0v) is 19.7. The van der Waals surface area contributed by atoms with Crippen molar-refractivity contribution in [1.82, 2.24) is 20.4 Å². The fourth-order valence-electron chi connectivity index (χ4n) is 3.97. The SMILES string of the molecule is C=CCOC(=O)C1=C(C)NC(=O)NC1c1cc(-c2ccn(-c3ccccc3)n2)cc(OC)c1OC. The third-order valence-corrected chi connectivity index (χ3v) is 5.55. The van der Waals surface area contributed by atoms with E-state index in [0.29, 0.717) is 28.5 Å². The molecular weight excluding hydrogens is 448 g/mol. The molecule has 2 heterocycles. The number of ether oxygens (including phenoxy) is 3. The summed E-state index contributed by atoms with van der Waals surface area (Å²) in [7, 11) is 3.02. The molecule has 0 radical (unpaired) electrons. The van der Waals surface area contributed by atoms with E-state index in [1.165, 1.54) is 20.3 Å². The van der Waals surface area contributed by atoms with Crippen molar-refractivity contribution in [2.75, 3.05) is 20.8 Å². The molecule has 3 aromatic rings. The summed E-state index contributed by atoms with van der Waals surface area (Å²) in [6.45, 7) is 5.26. The minimum Gasteiger partial charge on any atom is -0.493 e. The highest BCUT2D eigenvalue weighted by molar-refractivity contribution is 5.95. The Balaban J connectivity index is 1.84. The first-order chi connectivity index (χ1) is 17.0. The maximum atomic E-state index is 12.9. The summed E-state index contributed by atoms with van der Waals surface area (Å²) >= 11 is 0. The maximum absolute atomic E-state index is 12.9. The lowest BCUT2D eigenvalue weighted by molar-refractivity contribution is -0.138. The van der Waals surface area contributed by atoms with Gasteiger partial charge in [0.1, 0.15) is 6.61 Å². The van der Waals surface area contributed by atoms with Gasteiger partial charge < -0.3 is 24.8 Å². The molecule has 1 unspecified atom stereocenters. The van der Waals surface area contributed by atoms with E-state index in [1.807, 2.05) is 48.7 Å². The molecule has 1 aliphatic rings. The number of carbonyl (C=O) groups excluding carboxylic acids is 2. The zero-order valence-electron chi connectivity index (χ0n) is 19.7. The van der Waals surface area contributed by atoms with Crippen molar-refractivity contribution in [2.45, 2.75) is 13.0 Å². The van der Waals surface area contributed by atoms with Gasteiger partial charge in [0.2, 0.25) is 0 Å². The summed E-state index contributed by atoms with van der Waals surface area (Å²) in [6, 6.07) is 13.9. The van der Waals surface area contributed by atoms with Crippen LogP contribution >= 0.6 is 0 Å². The number of para-hydroxylation sites is 1. The number of hydrogen-bond acceptors (Lipinski definition) is 6. The Kier molecular flexibility index (Phi) is 6.86. The molecule has 0 saturated carbocycles. The second-order valence-corrected chi connectivity index (χ2v) is 7.74. The first-order valence-electron chi connectivity index (χ1n) is 10.9. The second-order valence-electron chi connectivity index (χ2n) is 7.74. The molecule has 2 N–H and O–H groups in total. The summed E-state index contributed by atoms with van der Waals surface area (Å²) in [6.07, 6.45) is 3.33. The molecule has 180 valence electrons. The predicted octanol–water partition coefficient (Wildman–Crippen LogP) is 3.91. The van der Waals surface area contributed by atoms with Crippen molar-refractivity contribution in [3.8, 4) is 28.4 Å². The van der Waals surface area contributed by atoms with E-state index >= 15 is 0 Å². The highest BCUT2D eigenvalue weighted by atomic mass is 16.5. The van der Waals surface area contributed by atoms with Crippen LogP contribution in [0.1, 0.15) is 18.5 Å². The Morgan fingerprint density at radius 3 is 2.63 bits per heavy atom. The minimum absolute atomic E-state index is 0.0354. The van der Waals surface area contributed by atoms with Crippen molar-refractivity contribution in [1.29, 1.82) is 0 Å². The van der Waals surface area contributed by atoms with Gasteiger partial charge in [-0.05, 0) is 37.3 Å². The van der Waals surface area contributed by atoms with Crippen LogP contribution in [-0.2, 0) is 9.53 Å². The van der Waals surface area contributed by atoms with Crippen molar-refractivity contribution in [3.05, 3.63) is 84.2 Å². The monoisotopic (exact) mass is 474 g/mol. The van der Waals surface area contributed by atoms with E-state index < -0.39 is 18.0 Å². The van der Waals surface area contributed by atoms with Gasteiger partial charge in [0, 0.05) is 23.0 Å². The normalized spacial score (nSPS) is 15.2. The predicted molar refractivity (Wildman–Crippen MR) is 130 cm³/mol. The topological polar surface area (TPSA) is 104 Å². The molecule has 0 spiro atoms. The zero-order chi connectivity index (χ0) is 24.9. The van der Waals surface area contributed by atoms with Crippen LogP contribution in [0.2, 0.25) is 0 Å². The molecule has 1 aromatic heterocycles. The van der Waals surface area contributed by atoms with Crippen molar-refractivity contribution < 1.29 is 23.8 Å². The molecule has 35 heavy (non-hydrogen) atoms. The van der Waals surface area contributed by atoms with Crippen LogP contribution in [0, 0.1) is 0 Å². The van der Waals surface area contributed by atoms with E-state index in [9.17, 15) is 9.59 Å². The van der Waals surface area contributed by atoms with Gasteiger partial charge in [0.25, 0.3) is 0 Å². The summed E-state index contributed by atoms with van der Waals surface area (Å²) in [5, 5.41) is 10.1. The van der Waals surface area contributed by atoms with Gasteiger partial charge in [0.15, 0.2) is 11.5 Å². The van der Waals surface area contributed by atoms with Gasteiger partial charge in [-0.3, -0.25) is 0 Å². The van der Waals surface area contributed by atoms with Crippen LogP contribution in [-0.4, -0.2) is 42.6 Å². The average Bonchev–Trinajstić information content (AvgIpc) is 3.37. The van der Waals surface area contributed by atoms with Crippen LogP contribution in [0.5, 0.6) is 11.5 Å². The number of urea groups is 1. The molecule has 0 fully saturated rings. The molecule has 4 rings (SSSR count). The van der Waals surface area contributed by atoms with Crippen molar-refractivity contribution in [2.24, 2.45) is 0 Å². The number of amides is 2. The van der Waals surface area contributed by atoms with E-state index in [-0.39, 0.29) is 12.2 Å². The lowest BCUT2D eigenvalue weighted by Crippen LogP contribution is -2.45. The number of nitrogens with one attached hydrogen (secondary N) is 2. The molecular formula is C26H26N4O5. The molecule has 0 bridgehead atoms. The maximum Gasteiger partial charge on any atom is 0.338 e. The number of allylic oxidation sites excluding steroid dienone is 1. The highest BCUT2D eigenvalue weighted by Gasteiger charge is 2.35. The van der Waals surface area contributed by atoms with Crippen LogP contribution in [0.15, 0.2) is 78.7 Å². The number of hydrogen-bond donors (Lipinski definition) is 2. The Bertz CT molecular complexity index is 1300. The van der Waals surface area contributed by atoms with E-state index in [1.54, 1.807) is 17.7 Å². The number of esters is 1. The summed E-state index contributed by atoms with van der Waals surface area (Å²) in [4.78, 5) is 25.3. The number of methoxy groups -OCH3 is 2. The van der Waals surface area contributed by atoms with Gasteiger partial charge in [-0.25, -0.2) is 14.3 Å². The molecule has 2 amide bonds. The van der Waals surface area contributed by atoms with Gasteiger partial charge in [0.05, 0.1) is 37.2 Å². The number of aromatic nitrogens is 2. The number of nitrogens with zero attached hydrogens (tertiary/aromatic N) is 2. The lowest BCUT2D eigenvalue weighted by atomic mass is 9.92. The fraction of sp³-hybridized carbons (Fsp3) is 0.192. The third kappa shape index (κ3) is 4.74.